The van der Waals surface area contributed by atoms with Gasteiger partial charge >= 0.3 is 0 Å². The Morgan fingerprint density at radius 3 is 2.80 bits per heavy atom. The van der Waals surface area contributed by atoms with Crippen LogP contribution < -0.4 is 5.73 Å². The van der Waals surface area contributed by atoms with Gasteiger partial charge in [0.1, 0.15) is 0 Å². The van der Waals surface area contributed by atoms with E-state index < -0.39 is 0 Å². The summed E-state index contributed by atoms with van der Waals surface area (Å²) >= 11 is 0. The zero-order chi connectivity index (χ0) is 14.7. The minimum absolute atomic E-state index is 0.110. The van der Waals surface area contributed by atoms with Crippen molar-refractivity contribution in [1.29, 1.82) is 0 Å². The number of carbonyl (C=O) groups is 1. The fourth-order valence-corrected chi connectivity index (χ4v) is 2.80. The maximum atomic E-state index is 12.7. The van der Waals surface area contributed by atoms with E-state index in [1.807, 2.05) is 24.0 Å². The molecular weight excluding hydrogens is 250 g/mol. The zero-order valence-electron chi connectivity index (χ0n) is 12.7. The molecule has 0 spiro atoms. The highest BCUT2D eigenvalue weighted by atomic mass is 16.2. The molecule has 1 saturated heterocycles. The number of nitrogens with zero attached hydrogens (tertiary/aromatic N) is 2. The lowest BCUT2D eigenvalue weighted by Gasteiger charge is -2.30. The number of benzene rings is 1. The van der Waals surface area contributed by atoms with Crippen LogP contribution in [0.15, 0.2) is 18.2 Å². The summed E-state index contributed by atoms with van der Waals surface area (Å²) in [5, 5.41) is 0. The fraction of sp³-hybridized carbons (Fsp3) is 0.562. The predicted octanol–water partition coefficient (Wildman–Crippen LogP) is 2.13. The first-order valence-electron chi connectivity index (χ1n) is 7.38. The highest BCUT2D eigenvalue weighted by Gasteiger charge is 2.26. The third-order valence-electron chi connectivity index (χ3n) is 4.16. The number of rotatable bonds is 2. The SMILES string of the molecule is CCC1CN(C)CCCN1C(=O)c1ccc(C)c(N)c1. The Kier molecular flexibility index (Phi) is 4.65. The van der Waals surface area contributed by atoms with Gasteiger partial charge in [-0.1, -0.05) is 13.0 Å². The lowest BCUT2D eigenvalue weighted by molar-refractivity contribution is 0.0676. The molecule has 0 aliphatic carbocycles. The standard InChI is InChI=1S/C16H25N3O/c1-4-14-11-18(3)8-5-9-19(14)16(20)13-7-6-12(2)15(17)10-13/h6-7,10,14H,4-5,8-9,11,17H2,1-3H3. The smallest absolute Gasteiger partial charge is 0.254 e. The van der Waals surface area contributed by atoms with Gasteiger partial charge in [0.15, 0.2) is 0 Å². The molecule has 0 bridgehead atoms. The first-order chi connectivity index (χ1) is 9.52. The molecule has 1 aliphatic rings. The van der Waals surface area contributed by atoms with E-state index in [0.717, 1.165) is 38.0 Å². The molecule has 0 aromatic heterocycles. The third-order valence-corrected chi connectivity index (χ3v) is 4.16. The number of aryl methyl sites for hydroxylation is 1. The minimum atomic E-state index is 0.110. The van der Waals surface area contributed by atoms with Crippen molar-refractivity contribution in [1.82, 2.24) is 9.80 Å². The normalized spacial score (nSPS) is 20.8. The zero-order valence-corrected chi connectivity index (χ0v) is 12.7. The van der Waals surface area contributed by atoms with Crippen LogP contribution in [0.5, 0.6) is 0 Å². The van der Waals surface area contributed by atoms with Crippen molar-refractivity contribution in [2.45, 2.75) is 32.7 Å². The lowest BCUT2D eigenvalue weighted by atomic mass is 10.1. The van der Waals surface area contributed by atoms with Crippen molar-refractivity contribution in [3.05, 3.63) is 29.3 Å². The Balaban J connectivity index is 2.23. The predicted molar refractivity (Wildman–Crippen MR) is 82.8 cm³/mol. The second kappa shape index (κ2) is 6.27. The van der Waals surface area contributed by atoms with Gasteiger partial charge in [0.05, 0.1) is 0 Å². The summed E-state index contributed by atoms with van der Waals surface area (Å²) in [5.41, 5.74) is 8.34. The van der Waals surface area contributed by atoms with Crippen LogP contribution in [0, 0.1) is 6.92 Å². The first kappa shape index (κ1) is 14.9. The summed E-state index contributed by atoms with van der Waals surface area (Å²) in [6, 6.07) is 5.90. The van der Waals surface area contributed by atoms with Crippen molar-refractivity contribution in [2.75, 3.05) is 32.4 Å². The van der Waals surface area contributed by atoms with Crippen LogP contribution in [0.1, 0.15) is 35.7 Å². The molecule has 110 valence electrons. The molecule has 20 heavy (non-hydrogen) atoms. The van der Waals surface area contributed by atoms with Gasteiger partial charge in [0.25, 0.3) is 5.91 Å². The summed E-state index contributed by atoms with van der Waals surface area (Å²) in [4.78, 5) is 17.1. The van der Waals surface area contributed by atoms with Crippen molar-refractivity contribution < 1.29 is 4.79 Å². The van der Waals surface area contributed by atoms with Crippen molar-refractivity contribution >= 4 is 11.6 Å². The molecule has 2 rings (SSSR count). The summed E-state index contributed by atoms with van der Waals surface area (Å²) in [7, 11) is 2.13. The number of amides is 1. The molecule has 1 amide bonds. The topological polar surface area (TPSA) is 49.6 Å². The number of nitrogens with two attached hydrogens (primary N) is 1. The highest BCUT2D eigenvalue weighted by molar-refractivity contribution is 5.95. The minimum Gasteiger partial charge on any atom is -0.398 e. The third kappa shape index (κ3) is 3.12. The molecule has 1 heterocycles. The van der Waals surface area contributed by atoms with E-state index in [2.05, 4.69) is 18.9 Å². The van der Waals surface area contributed by atoms with Crippen molar-refractivity contribution in [3.8, 4) is 0 Å². The number of likely N-dealkylation sites (N-methyl/N-ethyl adjacent to an activating group) is 1. The van der Waals surface area contributed by atoms with Crippen LogP contribution in [0.3, 0.4) is 0 Å². The Morgan fingerprint density at radius 1 is 1.40 bits per heavy atom. The van der Waals surface area contributed by atoms with E-state index >= 15 is 0 Å². The van der Waals surface area contributed by atoms with Crippen LogP contribution in [0.25, 0.3) is 0 Å². The van der Waals surface area contributed by atoms with Gasteiger partial charge in [-0.2, -0.15) is 0 Å². The van der Waals surface area contributed by atoms with Crippen molar-refractivity contribution in [2.24, 2.45) is 0 Å². The van der Waals surface area contributed by atoms with Crippen LogP contribution in [0.2, 0.25) is 0 Å². The average molecular weight is 275 g/mol. The lowest BCUT2D eigenvalue weighted by Crippen LogP contribution is -2.43. The molecule has 0 saturated carbocycles. The molecule has 4 nitrogen and oxygen atoms in total. The second-order valence-electron chi connectivity index (χ2n) is 5.75. The van der Waals surface area contributed by atoms with Gasteiger partial charge in [-0.15, -0.1) is 0 Å². The van der Waals surface area contributed by atoms with Gasteiger partial charge in [0.2, 0.25) is 0 Å². The maximum Gasteiger partial charge on any atom is 0.254 e. The Labute approximate surface area is 121 Å². The van der Waals surface area contributed by atoms with Gasteiger partial charge in [-0.3, -0.25) is 4.79 Å². The van der Waals surface area contributed by atoms with Gasteiger partial charge in [-0.25, -0.2) is 0 Å². The summed E-state index contributed by atoms with van der Waals surface area (Å²) in [5.74, 6) is 0.110. The molecule has 1 atom stereocenters. The van der Waals surface area contributed by atoms with E-state index in [9.17, 15) is 4.79 Å². The number of nitrogen functional groups attached to an aromatic ring is 1. The number of carbonyl (C=O) groups excluding carboxylic acids is 1. The molecular formula is C16H25N3O. The van der Waals surface area contributed by atoms with Crippen LogP contribution in [0.4, 0.5) is 5.69 Å². The molecule has 0 radical (unpaired) electrons. The van der Waals surface area contributed by atoms with Gasteiger partial charge in [0, 0.05) is 30.4 Å². The first-order valence-corrected chi connectivity index (χ1v) is 7.38. The quantitative estimate of drug-likeness (QED) is 0.841. The highest BCUT2D eigenvalue weighted by Crippen LogP contribution is 2.19. The largest absolute Gasteiger partial charge is 0.398 e. The van der Waals surface area contributed by atoms with E-state index in [0.29, 0.717) is 11.3 Å². The molecule has 1 fully saturated rings. The maximum absolute atomic E-state index is 12.7. The number of hydrogen-bond acceptors (Lipinski definition) is 3. The Morgan fingerprint density at radius 2 is 2.15 bits per heavy atom. The summed E-state index contributed by atoms with van der Waals surface area (Å²) < 4.78 is 0. The summed E-state index contributed by atoms with van der Waals surface area (Å²) in [6.07, 6.45) is 2.01. The molecule has 2 N–H and O–H groups in total. The summed E-state index contributed by atoms with van der Waals surface area (Å²) in [6.45, 7) is 6.93. The molecule has 1 unspecified atom stereocenters. The van der Waals surface area contributed by atoms with Crippen LogP contribution >= 0.6 is 0 Å². The fourth-order valence-electron chi connectivity index (χ4n) is 2.80. The van der Waals surface area contributed by atoms with E-state index in [-0.39, 0.29) is 11.9 Å². The van der Waals surface area contributed by atoms with E-state index in [1.165, 1.54) is 0 Å². The van der Waals surface area contributed by atoms with E-state index in [1.54, 1.807) is 6.07 Å². The van der Waals surface area contributed by atoms with E-state index in [4.69, 9.17) is 5.73 Å². The van der Waals surface area contributed by atoms with Crippen molar-refractivity contribution in [3.63, 3.8) is 0 Å². The molecule has 1 aromatic rings. The molecule has 4 heteroatoms. The monoisotopic (exact) mass is 275 g/mol. The average Bonchev–Trinajstić information content (AvgIpc) is 2.62. The second-order valence-corrected chi connectivity index (χ2v) is 5.75. The van der Waals surface area contributed by atoms with Crippen LogP contribution in [-0.4, -0.2) is 48.4 Å². The Bertz CT molecular complexity index is 487. The van der Waals surface area contributed by atoms with Gasteiger partial charge in [-0.05, 0) is 51.1 Å². The molecule has 1 aliphatic heterocycles. The van der Waals surface area contributed by atoms with Gasteiger partial charge < -0.3 is 15.5 Å². The number of anilines is 1. The molecule has 1 aromatic carbocycles. The number of hydrogen-bond donors (Lipinski definition) is 1. The Hall–Kier alpha value is -1.55. The van der Waals surface area contributed by atoms with Crippen LogP contribution in [-0.2, 0) is 0 Å².